The standard InChI is InChI=1S/C36H32N8O2/c1-23(37)21-32(46-2)41-27-14-12-26(13-15-27)36(45)40-22-24-10-16-28(17-11-24)44-34(29-9-6-20-39-33(29)38)43-31-19-18-30(42-35(31)44)25-7-4-3-5-8-25/h3-21H,22,37H2,1-2H3,(H2,38,39)(H,40,45)/b23-21-,41-32?. The Bertz CT molecular complexity index is 2060. The van der Waals surface area contributed by atoms with Gasteiger partial charge in [-0.3, -0.25) is 9.36 Å². The molecule has 3 aromatic heterocycles. The number of nitrogens with two attached hydrogens (primary N) is 2. The maximum Gasteiger partial charge on any atom is 0.251 e. The lowest BCUT2D eigenvalue weighted by atomic mass is 10.1. The number of nitrogens with one attached hydrogen (secondary N) is 1. The van der Waals surface area contributed by atoms with E-state index < -0.39 is 0 Å². The van der Waals surface area contributed by atoms with E-state index in [0.29, 0.717) is 52.2 Å². The van der Waals surface area contributed by atoms with Crippen LogP contribution in [0.3, 0.4) is 0 Å². The summed E-state index contributed by atoms with van der Waals surface area (Å²) in [5, 5.41) is 2.99. The lowest BCUT2D eigenvalue weighted by molar-refractivity contribution is 0.0951. The summed E-state index contributed by atoms with van der Waals surface area (Å²) in [6.07, 6.45) is 3.29. The van der Waals surface area contributed by atoms with E-state index in [1.165, 1.54) is 7.11 Å². The van der Waals surface area contributed by atoms with Gasteiger partial charge in [0, 0.05) is 41.3 Å². The second kappa shape index (κ2) is 13.1. The number of allylic oxidation sites excluding steroid dienone is 1. The zero-order valence-corrected chi connectivity index (χ0v) is 25.4. The highest BCUT2D eigenvalue weighted by Gasteiger charge is 2.19. The molecular weight excluding hydrogens is 576 g/mol. The van der Waals surface area contributed by atoms with Crippen molar-refractivity contribution < 1.29 is 9.53 Å². The molecule has 0 spiro atoms. The predicted molar refractivity (Wildman–Crippen MR) is 182 cm³/mol. The molecule has 46 heavy (non-hydrogen) atoms. The molecule has 1 amide bonds. The van der Waals surface area contributed by atoms with E-state index in [4.69, 9.17) is 26.2 Å². The van der Waals surface area contributed by atoms with E-state index >= 15 is 0 Å². The third-order valence-electron chi connectivity index (χ3n) is 7.23. The van der Waals surface area contributed by atoms with Crippen LogP contribution in [0, 0.1) is 0 Å². The van der Waals surface area contributed by atoms with Crippen LogP contribution < -0.4 is 16.8 Å². The summed E-state index contributed by atoms with van der Waals surface area (Å²) in [5.41, 5.74) is 19.5. The summed E-state index contributed by atoms with van der Waals surface area (Å²) >= 11 is 0. The van der Waals surface area contributed by atoms with Crippen molar-refractivity contribution in [3.63, 3.8) is 0 Å². The van der Waals surface area contributed by atoms with Gasteiger partial charge in [-0.15, -0.1) is 0 Å². The number of carbonyl (C=O) groups excluding carboxylic acids is 1. The molecule has 10 heteroatoms. The Kier molecular flexibility index (Phi) is 8.51. The zero-order valence-electron chi connectivity index (χ0n) is 25.4. The van der Waals surface area contributed by atoms with Gasteiger partial charge in [0.2, 0.25) is 5.90 Å². The number of fused-ring (bicyclic) bond motifs is 1. The number of methoxy groups -OCH3 is 1. The van der Waals surface area contributed by atoms with Crippen molar-refractivity contribution in [1.29, 1.82) is 0 Å². The van der Waals surface area contributed by atoms with Crippen LogP contribution in [0.4, 0.5) is 11.5 Å². The number of anilines is 1. The van der Waals surface area contributed by atoms with Gasteiger partial charge in [-0.2, -0.15) is 0 Å². The number of nitrogen functional groups attached to an aromatic ring is 1. The Labute approximate surface area is 266 Å². The lowest BCUT2D eigenvalue weighted by Crippen LogP contribution is -2.22. The number of rotatable bonds is 8. The molecule has 0 saturated heterocycles. The van der Waals surface area contributed by atoms with Gasteiger partial charge in [0.25, 0.3) is 5.91 Å². The number of aromatic nitrogens is 4. The van der Waals surface area contributed by atoms with E-state index in [1.54, 1.807) is 43.5 Å². The molecule has 5 N–H and O–H groups in total. The van der Waals surface area contributed by atoms with E-state index in [0.717, 1.165) is 28.0 Å². The summed E-state index contributed by atoms with van der Waals surface area (Å²) in [4.78, 5) is 31.5. The van der Waals surface area contributed by atoms with Crippen molar-refractivity contribution in [1.82, 2.24) is 24.8 Å². The van der Waals surface area contributed by atoms with Crippen LogP contribution in [0.2, 0.25) is 0 Å². The monoisotopic (exact) mass is 608 g/mol. The molecule has 10 nitrogen and oxygen atoms in total. The number of amides is 1. The van der Waals surface area contributed by atoms with Crippen LogP contribution in [-0.2, 0) is 11.3 Å². The van der Waals surface area contributed by atoms with Gasteiger partial charge < -0.3 is 21.5 Å². The highest BCUT2D eigenvalue weighted by molar-refractivity contribution is 5.95. The molecule has 0 aliphatic rings. The van der Waals surface area contributed by atoms with Crippen LogP contribution >= 0.6 is 0 Å². The average Bonchev–Trinajstić information content (AvgIpc) is 3.46. The number of benzene rings is 3. The van der Waals surface area contributed by atoms with E-state index in [9.17, 15) is 4.79 Å². The number of nitrogens with zero attached hydrogens (tertiary/aromatic N) is 5. The molecule has 0 aliphatic heterocycles. The Morgan fingerprint density at radius 3 is 2.39 bits per heavy atom. The van der Waals surface area contributed by atoms with Gasteiger partial charge in [0.05, 0.1) is 24.1 Å². The fraction of sp³-hybridized carbons (Fsp3) is 0.0833. The largest absolute Gasteiger partial charge is 0.481 e. The number of ether oxygens (including phenoxy) is 1. The average molecular weight is 609 g/mol. The molecule has 0 aliphatic carbocycles. The van der Waals surface area contributed by atoms with Crippen molar-refractivity contribution in [3.8, 4) is 28.3 Å². The molecule has 0 bridgehead atoms. The first-order chi connectivity index (χ1) is 22.4. The lowest BCUT2D eigenvalue weighted by Gasteiger charge is -2.12. The first-order valence-electron chi connectivity index (χ1n) is 14.6. The van der Waals surface area contributed by atoms with Gasteiger partial charge in [0.1, 0.15) is 11.3 Å². The first-order valence-corrected chi connectivity index (χ1v) is 14.6. The topological polar surface area (TPSA) is 146 Å². The molecule has 6 rings (SSSR count). The smallest absolute Gasteiger partial charge is 0.251 e. The molecule has 3 heterocycles. The fourth-order valence-corrected chi connectivity index (χ4v) is 4.95. The molecule has 0 saturated carbocycles. The number of carbonyl (C=O) groups is 1. The molecule has 0 unspecified atom stereocenters. The van der Waals surface area contributed by atoms with Gasteiger partial charge in [0.15, 0.2) is 11.5 Å². The highest BCUT2D eigenvalue weighted by atomic mass is 16.5. The maximum absolute atomic E-state index is 12.9. The molecule has 0 atom stereocenters. The summed E-state index contributed by atoms with van der Waals surface area (Å²) in [6.45, 7) is 2.10. The van der Waals surface area contributed by atoms with Crippen molar-refractivity contribution in [3.05, 3.63) is 132 Å². The molecule has 6 aromatic rings. The minimum absolute atomic E-state index is 0.197. The number of pyridine rings is 2. The second-order valence-corrected chi connectivity index (χ2v) is 10.6. The quantitative estimate of drug-likeness (QED) is 0.138. The zero-order chi connectivity index (χ0) is 32.0. The third-order valence-corrected chi connectivity index (χ3v) is 7.23. The van der Waals surface area contributed by atoms with Crippen molar-refractivity contribution in [2.45, 2.75) is 13.5 Å². The summed E-state index contributed by atoms with van der Waals surface area (Å²) < 4.78 is 7.23. The van der Waals surface area contributed by atoms with Gasteiger partial charge in [-0.1, -0.05) is 42.5 Å². The Morgan fingerprint density at radius 1 is 0.935 bits per heavy atom. The normalized spacial score (nSPS) is 11.9. The van der Waals surface area contributed by atoms with E-state index in [1.807, 2.05) is 83.4 Å². The Morgan fingerprint density at radius 2 is 1.70 bits per heavy atom. The molecule has 228 valence electrons. The fourth-order valence-electron chi connectivity index (χ4n) is 4.95. The summed E-state index contributed by atoms with van der Waals surface area (Å²) in [5.74, 6) is 1.20. The minimum atomic E-state index is -0.197. The SMILES string of the molecule is COC(/C=C(/C)N)=Nc1ccc(C(=O)NCc2ccc(-n3c(-c4cccnc4N)nc4ccc(-c5ccccc5)nc43)cc2)cc1. The van der Waals surface area contributed by atoms with E-state index in [2.05, 4.69) is 15.3 Å². The summed E-state index contributed by atoms with van der Waals surface area (Å²) in [7, 11) is 1.53. The predicted octanol–water partition coefficient (Wildman–Crippen LogP) is 6.20. The number of aliphatic imine (C=N–C) groups is 1. The summed E-state index contributed by atoms with van der Waals surface area (Å²) in [6, 6.07) is 32.5. The molecule has 0 radical (unpaired) electrons. The number of hydrogen-bond acceptors (Lipinski definition) is 8. The number of imidazole rings is 1. The van der Waals surface area contributed by atoms with Crippen molar-refractivity contribution in [2.75, 3.05) is 12.8 Å². The van der Waals surface area contributed by atoms with Gasteiger partial charge >= 0.3 is 0 Å². The van der Waals surface area contributed by atoms with Crippen molar-refractivity contribution >= 4 is 34.5 Å². The van der Waals surface area contributed by atoms with E-state index in [-0.39, 0.29) is 5.91 Å². The van der Waals surface area contributed by atoms with Crippen LogP contribution in [0.25, 0.3) is 39.5 Å². The second-order valence-electron chi connectivity index (χ2n) is 10.6. The Balaban J connectivity index is 1.25. The first kappa shape index (κ1) is 29.8. The number of hydrogen-bond donors (Lipinski definition) is 3. The van der Waals surface area contributed by atoms with Gasteiger partial charge in [-0.25, -0.2) is 19.9 Å². The maximum atomic E-state index is 12.9. The Hall–Kier alpha value is -6.29. The molecular formula is C36H32N8O2. The van der Waals surface area contributed by atoms with Crippen molar-refractivity contribution in [2.24, 2.45) is 10.7 Å². The van der Waals surface area contributed by atoms with Crippen LogP contribution in [0.15, 0.2) is 126 Å². The van der Waals surface area contributed by atoms with Crippen LogP contribution in [-0.4, -0.2) is 38.4 Å². The highest BCUT2D eigenvalue weighted by Crippen LogP contribution is 2.31. The van der Waals surface area contributed by atoms with Crippen LogP contribution in [0.5, 0.6) is 0 Å². The minimum Gasteiger partial charge on any atom is -0.481 e. The molecule has 0 fully saturated rings. The van der Waals surface area contributed by atoms with Gasteiger partial charge in [-0.05, 0) is 73.2 Å². The molecule has 3 aromatic carbocycles. The third kappa shape index (κ3) is 6.46. The van der Waals surface area contributed by atoms with Crippen LogP contribution in [0.1, 0.15) is 22.8 Å².